The Morgan fingerprint density at radius 1 is 1.33 bits per heavy atom. The van der Waals surface area contributed by atoms with Gasteiger partial charge in [0.2, 0.25) is 6.33 Å². The van der Waals surface area contributed by atoms with Crippen molar-refractivity contribution in [3.8, 4) is 0 Å². The highest BCUT2D eigenvalue weighted by Crippen LogP contribution is 2.53. The number of hydrogen-bond acceptors (Lipinski definition) is 8. The van der Waals surface area contributed by atoms with E-state index in [4.69, 9.17) is 15.0 Å². The van der Waals surface area contributed by atoms with Crippen LogP contribution in [-0.4, -0.2) is 65.1 Å². The minimum Gasteiger partial charge on any atom is -0.457 e. The molecule has 0 aliphatic carbocycles. The van der Waals surface area contributed by atoms with Crippen LogP contribution in [0, 0.1) is 0 Å². The van der Waals surface area contributed by atoms with E-state index in [1.807, 2.05) is 13.8 Å². The maximum Gasteiger partial charge on any atom is 0.343 e. The fourth-order valence-corrected chi connectivity index (χ4v) is 4.71. The fourth-order valence-electron chi connectivity index (χ4n) is 3.61. The first-order chi connectivity index (χ1) is 14.0. The number of fused-ring (bicyclic) bond motifs is 1. The highest BCUT2D eigenvalue weighted by molar-refractivity contribution is 7.53. The van der Waals surface area contributed by atoms with Crippen molar-refractivity contribution in [3.63, 3.8) is 0 Å². The Kier molecular flexibility index (Phi) is 6.36. The Bertz CT molecular complexity index is 914. The van der Waals surface area contributed by atoms with E-state index in [1.165, 1.54) is 10.9 Å². The molecule has 11 heteroatoms. The third-order valence-corrected chi connectivity index (χ3v) is 7.77. The summed E-state index contributed by atoms with van der Waals surface area (Å²) in [5, 5.41) is 21.3. The van der Waals surface area contributed by atoms with Crippen molar-refractivity contribution in [2.75, 3.05) is 5.73 Å². The average Bonchev–Trinajstić information content (AvgIpc) is 3.24. The SMILES string of the molecule is CCC(CC)(CC1OC(=[N+]2C=Cc3c(N)ncnc32)C(O)C1O)OP(=O)(O)C(C)C. The second-order valence-electron chi connectivity index (χ2n) is 7.96. The molecule has 0 spiro atoms. The van der Waals surface area contributed by atoms with Crippen LogP contribution in [0.15, 0.2) is 12.5 Å². The number of aliphatic hydroxyl groups is 2. The number of aliphatic hydroxyl groups excluding tert-OH is 2. The summed E-state index contributed by atoms with van der Waals surface area (Å²) in [4.78, 5) is 18.4. The molecule has 3 heterocycles. The lowest BCUT2D eigenvalue weighted by molar-refractivity contribution is -0.376. The van der Waals surface area contributed by atoms with Crippen LogP contribution in [0.2, 0.25) is 0 Å². The molecule has 1 fully saturated rings. The second kappa shape index (κ2) is 8.36. The zero-order valence-electron chi connectivity index (χ0n) is 17.6. The highest BCUT2D eigenvalue weighted by atomic mass is 31.2. The molecule has 0 amide bonds. The van der Waals surface area contributed by atoms with Crippen molar-refractivity contribution < 1.29 is 33.5 Å². The number of hydrogen-bond donors (Lipinski definition) is 4. The van der Waals surface area contributed by atoms with Gasteiger partial charge in [0.15, 0.2) is 6.10 Å². The van der Waals surface area contributed by atoms with Crippen LogP contribution in [-0.2, 0) is 13.8 Å². The summed E-state index contributed by atoms with van der Waals surface area (Å²) >= 11 is 0. The molecule has 2 aliphatic heterocycles. The number of ether oxygens (including phenoxy) is 1. The molecule has 2 aliphatic rings. The number of rotatable bonds is 7. The first kappa shape index (κ1) is 22.8. The Morgan fingerprint density at radius 2 is 2.00 bits per heavy atom. The maximum absolute atomic E-state index is 12.5. The molecule has 166 valence electrons. The van der Waals surface area contributed by atoms with E-state index < -0.39 is 37.2 Å². The van der Waals surface area contributed by atoms with Crippen LogP contribution in [0.3, 0.4) is 0 Å². The Balaban J connectivity index is 1.90. The van der Waals surface area contributed by atoms with Gasteiger partial charge in [-0.2, -0.15) is 9.56 Å². The van der Waals surface area contributed by atoms with Crippen molar-refractivity contribution >= 4 is 31.2 Å². The van der Waals surface area contributed by atoms with Gasteiger partial charge in [-0.15, -0.1) is 0 Å². The van der Waals surface area contributed by atoms with Crippen LogP contribution in [0.5, 0.6) is 0 Å². The summed E-state index contributed by atoms with van der Waals surface area (Å²) in [5.74, 6) is 0.844. The fraction of sp³-hybridized carbons (Fsp3) is 0.632. The second-order valence-corrected chi connectivity index (χ2v) is 10.3. The van der Waals surface area contributed by atoms with Crippen molar-refractivity contribution in [1.82, 2.24) is 9.97 Å². The highest BCUT2D eigenvalue weighted by Gasteiger charge is 2.50. The predicted molar refractivity (Wildman–Crippen MR) is 111 cm³/mol. The van der Waals surface area contributed by atoms with Crippen molar-refractivity contribution in [2.24, 2.45) is 0 Å². The molecule has 0 bridgehead atoms. The summed E-state index contributed by atoms with van der Waals surface area (Å²) in [6.07, 6.45) is 2.27. The zero-order chi connectivity index (χ0) is 22.3. The standard InChI is InChI=1S/C19H29N4O6P/c1-5-19(6-2,29-30(26,27)11(3)4)9-13-14(24)15(25)18(28-13)23-8-7-12-16(20)21-10-22-17(12)23/h7-8,10-11,13-15,24-25H,5-6,9H2,1-4H3,(H2-,20,21,22,26,27)/p+1. The number of nitrogens with zero attached hydrogens (tertiary/aromatic N) is 3. The van der Waals surface area contributed by atoms with Crippen LogP contribution in [0.1, 0.15) is 52.5 Å². The monoisotopic (exact) mass is 441 g/mol. The lowest BCUT2D eigenvalue weighted by Gasteiger charge is -2.36. The average molecular weight is 441 g/mol. The van der Waals surface area contributed by atoms with Gasteiger partial charge in [0.25, 0.3) is 5.90 Å². The maximum atomic E-state index is 12.5. The number of nitrogen functional groups attached to an aromatic ring is 1. The Hall–Kier alpha value is -1.84. The van der Waals surface area contributed by atoms with Gasteiger partial charge in [0.1, 0.15) is 29.8 Å². The molecule has 4 atom stereocenters. The summed E-state index contributed by atoms with van der Waals surface area (Å²) in [7, 11) is -3.85. The predicted octanol–water partition coefficient (Wildman–Crippen LogP) is 1.77. The van der Waals surface area contributed by atoms with E-state index in [1.54, 1.807) is 26.1 Å². The third kappa shape index (κ3) is 4.02. The van der Waals surface area contributed by atoms with Gasteiger partial charge >= 0.3 is 13.4 Å². The molecule has 0 saturated carbocycles. The molecule has 30 heavy (non-hydrogen) atoms. The van der Waals surface area contributed by atoms with Gasteiger partial charge in [-0.25, -0.2) is 0 Å². The van der Waals surface area contributed by atoms with E-state index in [-0.39, 0.29) is 12.3 Å². The van der Waals surface area contributed by atoms with Crippen LogP contribution in [0.4, 0.5) is 11.6 Å². The molecular formula is C19H30N4O6P+. The minimum atomic E-state index is -3.85. The molecule has 3 rings (SSSR count). The number of anilines is 1. The lowest BCUT2D eigenvalue weighted by Crippen LogP contribution is -2.40. The Labute approximate surface area is 175 Å². The molecule has 1 aromatic rings. The molecule has 5 N–H and O–H groups in total. The van der Waals surface area contributed by atoms with Crippen LogP contribution in [0.25, 0.3) is 6.08 Å². The summed E-state index contributed by atoms with van der Waals surface area (Å²) in [6.45, 7) is 6.95. The zero-order valence-corrected chi connectivity index (χ0v) is 18.5. The lowest BCUT2D eigenvalue weighted by atomic mass is 9.89. The number of nitrogens with two attached hydrogens (primary N) is 1. The van der Waals surface area contributed by atoms with Gasteiger partial charge in [0, 0.05) is 6.42 Å². The van der Waals surface area contributed by atoms with Crippen molar-refractivity contribution in [3.05, 3.63) is 18.1 Å². The van der Waals surface area contributed by atoms with Gasteiger partial charge in [-0.1, -0.05) is 27.7 Å². The molecule has 1 saturated heterocycles. The quantitative estimate of drug-likeness (QED) is 0.366. The molecule has 10 nitrogen and oxygen atoms in total. The molecule has 0 aromatic carbocycles. The smallest absolute Gasteiger partial charge is 0.343 e. The van der Waals surface area contributed by atoms with E-state index in [9.17, 15) is 19.7 Å². The minimum absolute atomic E-state index is 0.109. The molecular weight excluding hydrogens is 411 g/mol. The summed E-state index contributed by atoms with van der Waals surface area (Å²) < 4.78 is 25.7. The first-order valence-electron chi connectivity index (χ1n) is 10.1. The van der Waals surface area contributed by atoms with Crippen molar-refractivity contribution in [2.45, 2.75) is 76.5 Å². The summed E-state index contributed by atoms with van der Waals surface area (Å²) in [5.41, 5.74) is 4.91. The first-order valence-corrected chi connectivity index (χ1v) is 11.7. The topological polar surface area (TPSA) is 151 Å². The normalized spacial score (nSPS) is 27.9. The van der Waals surface area contributed by atoms with Gasteiger partial charge < -0.3 is 30.1 Å². The molecule has 0 radical (unpaired) electrons. The van der Waals surface area contributed by atoms with Gasteiger partial charge in [-0.3, -0.25) is 4.57 Å². The third-order valence-electron chi connectivity index (χ3n) is 5.82. The largest absolute Gasteiger partial charge is 0.457 e. The van der Waals surface area contributed by atoms with E-state index in [0.29, 0.717) is 30.0 Å². The van der Waals surface area contributed by atoms with E-state index >= 15 is 0 Å². The van der Waals surface area contributed by atoms with Crippen LogP contribution < -0.4 is 5.73 Å². The van der Waals surface area contributed by atoms with Crippen molar-refractivity contribution in [1.29, 1.82) is 0 Å². The summed E-state index contributed by atoms with van der Waals surface area (Å²) in [6, 6.07) is 0. The molecule has 1 aromatic heterocycles. The Morgan fingerprint density at radius 3 is 2.60 bits per heavy atom. The number of aromatic nitrogens is 2. The van der Waals surface area contributed by atoms with E-state index in [0.717, 1.165) is 0 Å². The van der Waals surface area contributed by atoms with Gasteiger partial charge in [0.05, 0.1) is 11.3 Å². The molecule has 4 unspecified atom stereocenters. The van der Waals surface area contributed by atoms with Crippen LogP contribution >= 0.6 is 7.60 Å². The van der Waals surface area contributed by atoms with Gasteiger partial charge in [-0.05, 0) is 23.9 Å². The van der Waals surface area contributed by atoms with E-state index in [2.05, 4.69) is 9.97 Å².